The fourth-order valence-electron chi connectivity index (χ4n) is 4.69. The minimum atomic E-state index is -1.12. The molecule has 8 nitrogen and oxygen atoms in total. The van der Waals surface area contributed by atoms with Crippen LogP contribution in [0.4, 0.5) is 10.5 Å². The van der Waals surface area contributed by atoms with E-state index in [1.165, 1.54) is 19.2 Å². The average molecular weight is 593 g/mol. The number of aryl methyl sites for hydroxylation is 1. The molecule has 9 heteroatoms. The molecule has 0 aliphatic carbocycles. The lowest BCUT2D eigenvalue weighted by Crippen LogP contribution is -2.27. The van der Waals surface area contributed by atoms with Gasteiger partial charge in [0.25, 0.3) is 11.1 Å². The Morgan fingerprint density at radius 1 is 0.814 bits per heavy atom. The maximum absolute atomic E-state index is 13.8. The molecular formula is C34H28N2O6S. The van der Waals surface area contributed by atoms with Crippen LogP contribution in [-0.2, 0) is 6.54 Å². The number of aromatic carboxylic acids is 1. The van der Waals surface area contributed by atoms with Gasteiger partial charge in [0.05, 0.1) is 17.7 Å². The molecule has 3 N–H and O–H groups in total. The highest BCUT2D eigenvalue weighted by atomic mass is 32.2. The van der Waals surface area contributed by atoms with Gasteiger partial charge >= 0.3 is 5.97 Å². The number of aromatic hydroxyl groups is 1. The van der Waals surface area contributed by atoms with Gasteiger partial charge in [-0.15, -0.1) is 0 Å². The molecule has 0 aromatic heterocycles. The zero-order chi connectivity index (χ0) is 30.5. The molecular weight excluding hydrogens is 564 g/mol. The molecule has 0 unspecified atom stereocenters. The number of carboxylic acid groups (broad SMARTS) is 1. The monoisotopic (exact) mass is 592 g/mol. The fraction of sp³-hybridized carbons (Fsp3) is 0.0882. The summed E-state index contributed by atoms with van der Waals surface area (Å²) in [5.74, 6) is -0.912. The zero-order valence-corrected chi connectivity index (χ0v) is 24.2. The van der Waals surface area contributed by atoms with Crippen molar-refractivity contribution in [1.29, 1.82) is 0 Å². The van der Waals surface area contributed by atoms with Gasteiger partial charge in [-0.25, -0.2) is 4.79 Å². The van der Waals surface area contributed by atoms with Gasteiger partial charge < -0.3 is 20.3 Å². The first-order valence-corrected chi connectivity index (χ1v) is 14.2. The summed E-state index contributed by atoms with van der Waals surface area (Å²) >= 11 is 0.839. The van der Waals surface area contributed by atoms with E-state index < -0.39 is 11.9 Å². The van der Waals surface area contributed by atoms with Crippen LogP contribution in [0.25, 0.3) is 10.8 Å². The van der Waals surface area contributed by atoms with E-state index in [2.05, 4.69) is 5.32 Å². The highest BCUT2D eigenvalue weighted by Gasteiger charge is 2.23. The van der Waals surface area contributed by atoms with Crippen molar-refractivity contribution in [1.82, 2.24) is 5.32 Å². The molecule has 0 aliphatic rings. The summed E-state index contributed by atoms with van der Waals surface area (Å²) in [5, 5.41) is 23.7. The Hall–Kier alpha value is -5.28. The Morgan fingerprint density at radius 2 is 1.49 bits per heavy atom. The number of anilines is 1. The highest BCUT2D eigenvalue weighted by molar-refractivity contribution is 8.14. The first-order valence-electron chi connectivity index (χ1n) is 13.4. The van der Waals surface area contributed by atoms with Crippen LogP contribution in [0, 0.1) is 6.92 Å². The van der Waals surface area contributed by atoms with E-state index >= 15 is 0 Å². The van der Waals surface area contributed by atoms with Gasteiger partial charge in [-0.05, 0) is 55.1 Å². The number of fused-ring (bicyclic) bond motifs is 1. The third kappa shape index (κ3) is 6.32. The molecule has 0 radical (unpaired) electrons. The van der Waals surface area contributed by atoms with Crippen molar-refractivity contribution >= 4 is 45.3 Å². The fourth-order valence-corrected chi connectivity index (χ4v) is 5.57. The van der Waals surface area contributed by atoms with Crippen molar-refractivity contribution in [2.75, 3.05) is 11.9 Å². The van der Waals surface area contributed by atoms with E-state index in [0.717, 1.165) is 17.3 Å². The maximum Gasteiger partial charge on any atom is 0.336 e. The number of nitrogens with one attached hydrogen (secondary N) is 1. The Labute approximate surface area is 252 Å². The summed E-state index contributed by atoms with van der Waals surface area (Å²) in [7, 11) is 1.48. The van der Waals surface area contributed by atoms with Crippen molar-refractivity contribution < 1.29 is 29.3 Å². The van der Waals surface area contributed by atoms with Crippen LogP contribution in [0.5, 0.6) is 17.2 Å². The van der Waals surface area contributed by atoms with E-state index in [1.807, 2.05) is 43.3 Å². The van der Waals surface area contributed by atoms with Gasteiger partial charge in [0.2, 0.25) is 0 Å². The maximum atomic E-state index is 13.8. The molecule has 5 aromatic carbocycles. The highest BCUT2D eigenvalue weighted by Crippen LogP contribution is 2.40. The number of rotatable bonds is 8. The topological polar surface area (TPSA) is 116 Å². The largest absolute Gasteiger partial charge is 0.506 e. The van der Waals surface area contributed by atoms with Gasteiger partial charge in [-0.1, -0.05) is 72.3 Å². The number of nitrogens with zero attached hydrogens (tertiary/aromatic N) is 1. The number of thioether (sulfide) groups is 1. The summed E-state index contributed by atoms with van der Waals surface area (Å²) in [6, 6.07) is 29.7. The van der Waals surface area contributed by atoms with Crippen LogP contribution in [0.2, 0.25) is 0 Å². The Kier molecular flexibility index (Phi) is 8.64. The average Bonchev–Trinajstić information content (AvgIpc) is 3.02. The van der Waals surface area contributed by atoms with Gasteiger partial charge in [-0.2, -0.15) is 0 Å². The third-order valence-corrected chi connectivity index (χ3v) is 7.79. The van der Waals surface area contributed by atoms with Crippen LogP contribution in [0.1, 0.15) is 31.8 Å². The van der Waals surface area contributed by atoms with Crippen LogP contribution in [-0.4, -0.2) is 34.4 Å². The SMILES string of the molecule is CNC(=O)c1cc(Oc2ccc(C)cc2CN(C(=O)Sc2ccccc2C(=O)O)c2ccccc2)c2ccccc2c1O. The number of ether oxygens (including phenoxy) is 1. The molecule has 5 rings (SSSR count). The van der Waals surface area contributed by atoms with Gasteiger partial charge in [0, 0.05) is 34.0 Å². The Bertz CT molecular complexity index is 1840. The number of hydrogen-bond acceptors (Lipinski definition) is 6. The number of para-hydroxylation sites is 1. The van der Waals surface area contributed by atoms with Crippen molar-refractivity contribution in [3.8, 4) is 17.2 Å². The summed E-state index contributed by atoms with van der Waals surface area (Å²) in [4.78, 5) is 40.1. The van der Waals surface area contributed by atoms with E-state index in [0.29, 0.717) is 38.4 Å². The predicted octanol–water partition coefficient (Wildman–Crippen LogP) is 7.62. The summed E-state index contributed by atoms with van der Waals surface area (Å²) in [5.41, 5.74) is 2.35. The molecule has 0 heterocycles. The van der Waals surface area contributed by atoms with Crippen molar-refractivity contribution in [3.63, 3.8) is 0 Å². The Balaban J connectivity index is 1.56. The number of carboxylic acids is 1. The standard InChI is InChI=1S/C34H28N2O6S/c1-21-16-17-28(42-29-19-27(32(38)35-2)31(37)25-13-7-6-12-24(25)29)22(18-21)20-36(23-10-4-3-5-11-23)34(41)43-30-15-9-8-14-26(30)33(39)40/h3-19,37H,20H2,1-2H3,(H,35,38)(H,39,40). The number of carbonyl (C=O) groups is 3. The van der Waals surface area contributed by atoms with E-state index in [-0.39, 0.29) is 28.7 Å². The van der Waals surface area contributed by atoms with Crippen LogP contribution in [0.3, 0.4) is 0 Å². The predicted molar refractivity (Wildman–Crippen MR) is 168 cm³/mol. The second kappa shape index (κ2) is 12.7. The molecule has 0 fully saturated rings. The summed E-state index contributed by atoms with van der Waals surface area (Å²) in [6.07, 6.45) is 0. The number of phenols is 1. The lowest BCUT2D eigenvalue weighted by Gasteiger charge is -2.24. The second-order valence-corrected chi connectivity index (χ2v) is 10.7. The molecule has 0 spiro atoms. The van der Waals surface area contributed by atoms with E-state index in [1.54, 1.807) is 59.5 Å². The number of hydrogen-bond donors (Lipinski definition) is 3. The van der Waals surface area contributed by atoms with Crippen LogP contribution >= 0.6 is 11.8 Å². The van der Waals surface area contributed by atoms with Crippen molar-refractivity contribution in [2.45, 2.75) is 18.4 Å². The second-order valence-electron chi connectivity index (χ2n) is 9.70. The zero-order valence-electron chi connectivity index (χ0n) is 23.4. The minimum Gasteiger partial charge on any atom is -0.506 e. The minimum absolute atomic E-state index is 0.0413. The summed E-state index contributed by atoms with van der Waals surface area (Å²) in [6.45, 7) is 2.04. The molecule has 0 bridgehead atoms. The number of carbonyl (C=O) groups excluding carboxylic acids is 2. The normalized spacial score (nSPS) is 10.7. The van der Waals surface area contributed by atoms with Crippen molar-refractivity contribution in [3.05, 3.63) is 125 Å². The lowest BCUT2D eigenvalue weighted by atomic mass is 10.0. The molecule has 5 aromatic rings. The molecule has 0 aliphatic heterocycles. The molecule has 2 amide bonds. The molecule has 43 heavy (non-hydrogen) atoms. The van der Waals surface area contributed by atoms with E-state index in [4.69, 9.17) is 4.74 Å². The number of phenolic OH excluding ortho intramolecular Hbond substituents is 1. The number of benzene rings is 5. The van der Waals surface area contributed by atoms with Gasteiger partial charge in [0.15, 0.2) is 0 Å². The molecule has 216 valence electrons. The molecule has 0 saturated heterocycles. The number of amides is 2. The van der Waals surface area contributed by atoms with Gasteiger partial charge in [0.1, 0.15) is 17.2 Å². The Morgan fingerprint density at radius 3 is 2.21 bits per heavy atom. The third-order valence-electron chi connectivity index (χ3n) is 6.82. The van der Waals surface area contributed by atoms with Crippen LogP contribution in [0.15, 0.2) is 108 Å². The first kappa shape index (κ1) is 29.2. The quantitative estimate of drug-likeness (QED) is 0.159. The van der Waals surface area contributed by atoms with E-state index in [9.17, 15) is 24.6 Å². The van der Waals surface area contributed by atoms with Crippen molar-refractivity contribution in [2.24, 2.45) is 0 Å². The first-order chi connectivity index (χ1) is 20.8. The lowest BCUT2D eigenvalue weighted by molar-refractivity contribution is 0.0693. The van der Waals surface area contributed by atoms with Crippen LogP contribution < -0.4 is 15.0 Å². The summed E-state index contributed by atoms with van der Waals surface area (Å²) < 4.78 is 6.44. The smallest absolute Gasteiger partial charge is 0.336 e. The molecule has 0 atom stereocenters. The van der Waals surface area contributed by atoms with Gasteiger partial charge in [-0.3, -0.25) is 14.5 Å². The molecule has 0 saturated carbocycles.